The fourth-order valence-electron chi connectivity index (χ4n) is 2.97. The molecule has 1 aliphatic rings. The third kappa shape index (κ3) is 2.50. The molecule has 0 aliphatic carbocycles. The molecule has 1 unspecified atom stereocenters. The first kappa shape index (κ1) is 13.1. The zero-order valence-electron chi connectivity index (χ0n) is 12.2. The lowest BCUT2D eigenvalue weighted by molar-refractivity contribution is 0.178. The predicted molar refractivity (Wildman–Crippen MR) is 84.1 cm³/mol. The van der Waals surface area contributed by atoms with Crippen molar-refractivity contribution >= 4 is 16.8 Å². The van der Waals surface area contributed by atoms with Crippen LogP contribution in [0.15, 0.2) is 53.5 Å². The Bertz CT molecular complexity index is 757. The van der Waals surface area contributed by atoms with E-state index < -0.39 is 0 Å². The van der Waals surface area contributed by atoms with Crippen LogP contribution < -0.4 is 9.64 Å². The number of anilines is 1. The van der Waals surface area contributed by atoms with E-state index in [1.165, 1.54) is 0 Å². The molecule has 22 heavy (non-hydrogen) atoms. The molecule has 0 amide bonds. The molecule has 0 spiro atoms. The lowest BCUT2D eigenvalue weighted by Gasteiger charge is -2.33. The van der Waals surface area contributed by atoms with Gasteiger partial charge in [-0.15, -0.1) is 0 Å². The molecule has 3 aromatic heterocycles. The molecule has 0 N–H and O–H groups in total. The number of hydrogen-bond acceptors (Lipinski definition) is 5. The van der Waals surface area contributed by atoms with Gasteiger partial charge in [0, 0.05) is 18.9 Å². The van der Waals surface area contributed by atoms with Gasteiger partial charge in [-0.3, -0.25) is 4.98 Å². The van der Waals surface area contributed by atoms with Gasteiger partial charge in [0.2, 0.25) is 0 Å². The van der Waals surface area contributed by atoms with E-state index in [4.69, 9.17) is 9.15 Å². The molecule has 112 valence electrons. The highest BCUT2D eigenvalue weighted by atomic mass is 16.5. The Hall–Kier alpha value is -2.56. The van der Waals surface area contributed by atoms with Crippen LogP contribution in [0.5, 0.6) is 5.75 Å². The number of fused-ring (bicyclic) bond motifs is 1. The van der Waals surface area contributed by atoms with Crippen LogP contribution in [-0.2, 0) is 0 Å². The molecule has 4 rings (SSSR count). The normalized spacial score (nSPS) is 18.5. The second kappa shape index (κ2) is 5.67. The van der Waals surface area contributed by atoms with E-state index >= 15 is 0 Å². The quantitative estimate of drug-likeness (QED) is 0.742. The Kier molecular flexibility index (Phi) is 3.39. The monoisotopic (exact) mass is 295 g/mol. The van der Waals surface area contributed by atoms with Crippen molar-refractivity contribution in [3.8, 4) is 5.75 Å². The molecule has 5 heteroatoms. The molecule has 4 heterocycles. The van der Waals surface area contributed by atoms with Crippen molar-refractivity contribution in [1.29, 1.82) is 0 Å². The van der Waals surface area contributed by atoms with Crippen molar-refractivity contribution < 1.29 is 9.15 Å². The first-order valence-electron chi connectivity index (χ1n) is 7.54. The largest absolute Gasteiger partial charge is 0.487 e. The minimum atomic E-state index is 0.155. The third-order valence-corrected chi connectivity index (χ3v) is 3.97. The number of pyridine rings is 2. The molecular weight excluding hydrogens is 278 g/mol. The number of piperidine rings is 1. The van der Waals surface area contributed by atoms with Gasteiger partial charge in [0.05, 0.1) is 24.4 Å². The first-order valence-corrected chi connectivity index (χ1v) is 7.54. The van der Waals surface area contributed by atoms with Crippen molar-refractivity contribution in [3.63, 3.8) is 0 Å². The maximum atomic E-state index is 6.05. The van der Waals surface area contributed by atoms with E-state index in [1.807, 2.05) is 24.3 Å². The molecule has 0 radical (unpaired) electrons. The van der Waals surface area contributed by atoms with E-state index in [-0.39, 0.29) is 6.10 Å². The maximum absolute atomic E-state index is 6.05. The number of aromatic nitrogens is 2. The first-order chi connectivity index (χ1) is 10.9. The van der Waals surface area contributed by atoms with E-state index in [0.29, 0.717) is 0 Å². The van der Waals surface area contributed by atoms with Crippen LogP contribution in [0.4, 0.5) is 5.82 Å². The summed E-state index contributed by atoms with van der Waals surface area (Å²) in [5.74, 6) is 1.80. The SMILES string of the molecule is c1cncc(OC2CCCN(c3nccc4occc34)C2)c1. The summed E-state index contributed by atoms with van der Waals surface area (Å²) >= 11 is 0. The minimum Gasteiger partial charge on any atom is -0.487 e. The fraction of sp³-hybridized carbons (Fsp3) is 0.294. The topological polar surface area (TPSA) is 51.4 Å². The summed E-state index contributed by atoms with van der Waals surface area (Å²) in [6.07, 6.45) is 9.31. The molecule has 1 atom stereocenters. The highest BCUT2D eigenvalue weighted by molar-refractivity contribution is 5.88. The van der Waals surface area contributed by atoms with Crippen molar-refractivity contribution in [2.45, 2.75) is 18.9 Å². The average molecular weight is 295 g/mol. The average Bonchev–Trinajstić information content (AvgIpc) is 3.04. The summed E-state index contributed by atoms with van der Waals surface area (Å²) in [6.45, 7) is 1.82. The Labute approximate surface area is 128 Å². The summed E-state index contributed by atoms with van der Waals surface area (Å²) in [5, 5.41) is 1.06. The van der Waals surface area contributed by atoms with E-state index in [2.05, 4.69) is 14.9 Å². The fourth-order valence-corrected chi connectivity index (χ4v) is 2.97. The van der Waals surface area contributed by atoms with Gasteiger partial charge < -0.3 is 14.1 Å². The maximum Gasteiger partial charge on any atom is 0.139 e. The van der Waals surface area contributed by atoms with Crippen LogP contribution in [0, 0.1) is 0 Å². The van der Waals surface area contributed by atoms with Crippen LogP contribution in [0.2, 0.25) is 0 Å². The van der Waals surface area contributed by atoms with Gasteiger partial charge in [0.15, 0.2) is 0 Å². The molecule has 0 saturated carbocycles. The minimum absolute atomic E-state index is 0.155. The summed E-state index contributed by atoms with van der Waals surface area (Å²) in [7, 11) is 0. The second-order valence-electron chi connectivity index (χ2n) is 5.48. The summed E-state index contributed by atoms with van der Waals surface area (Å²) in [4.78, 5) is 10.9. The highest BCUT2D eigenvalue weighted by Gasteiger charge is 2.24. The van der Waals surface area contributed by atoms with Gasteiger partial charge in [0.1, 0.15) is 23.3 Å². The predicted octanol–water partition coefficient (Wildman–Crippen LogP) is 3.27. The smallest absolute Gasteiger partial charge is 0.139 e. The van der Waals surface area contributed by atoms with Crippen molar-refractivity contribution in [2.24, 2.45) is 0 Å². The van der Waals surface area contributed by atoms with E-state index in [9.17, 15) is 0 Å². The van der Waals surface area contributed by atoms with Crippen LogP contribution in [0.3, 0.4) is 0 Å². The van der Waals surface area contributed by atoms with Gasteiger partial charge in [0.25, 0.3) is 0 Å². The van der Waals surface area contributed by atoms with Gasteiger partial charge >= 0.3 is 0 Å². The van der Waals surface area contributed by atoms with Crippen LogP contribution >= 0.6 is 0 Å². The van der Waals surface area contributed by atoms with Crippen LogP contribution in [0.1, 0.15) is 12.8 Å². The molecule has 1 fully saturated rings. The lowest BCUT2D eigenvalue weighted by atomic mass is 10.1. The molecule has 5 nitrogen and oxygen atoms in total. The summed E-state index contributed by atoms with van der Waals surface area (Å²) in [5.41, 5.74) is 0.875. The van der Waals surface area contributed by atoms with Crippen molar-refractivity contribution in [2.75, 3.05) is 18.0 Å². The molecule has 1 saturated heterocycles. The van der Waals surface area contributed by atoms with Crippen LogP contribution in [-0.4, -0.2) is 29.2 Å². The Morgan fingerprint density at radius 3 is 3.14 bits per heavy atom. The Morgan fingerprint density at radius 2 is 2.23 bits per heavy atom. The zero-order chi connectivity index (χ0) is 14.8. The van der Waals surface area contributed by atoms with Gasteiger partial charge in [-0.1, -0.05) is 0 Å². The standard InChI is InChI=1S/C17H17N3O2/c1-3-13(11-18-7-1)22-14-4-2-9-20(12-14)17-15-6-10-21-16(15)5-8-19-17/h1,3,5-8,10-11,14H,2,4,9,12H2. The molecule has 0 aromatic carbocycles. The van der Waals surface area contributed by atoms with Crippen LogP contribution in [0.25, 0.3) is 11.0 Å². The summed E-state index contributed by atoms with van der Waals surface area (Å²) in [6, 6.07) is 7.71. The Morgan fingerprint density at radius 1 is 1.23 bits per heavy atom. The lowest BCUT2D eigenvalue weighted by Crippen LogP contribution is -2.41. The number of rotatable bonds is 3. The van der Waals surface area contributed by atoms with E-state index in [1.54, 1.807) is 24.9 Å². The van der Waals surface area contributed by atoms with Crippen molar-refractivity contribution in [3.05, 3.63) is 49.1 Å². The Balaban J connectivity index is 1.55. The van der Waals surface area contributed by atoms with Gasteiger partial charge in [-0.2, -0.15) is 0 Å². The molecule has 3 aromatic rings. The second-order valence-corrected chi connectivity index (χ2v) is 5.48. The number of hydrogen-bond donors (Lipinski definition) is 0. The summed E-state index contributed by atoms with van der Waals surface area (Å²) < 4.78 is 11.5. The number of nitrogens with zero attached hydrogens (tertiary/aromatic N) is 3. The van der Waals surface area contributed by atoms with Gasteiger partial charge in [-0.05, 0) is 37.1 Å². The zero-order valence-corrected chi connectivity index (χ0v) is 12.2. The highest BCUT2D eigenvalue weighted by Crippen LogP contribution is 2.28. The molecular formula is C17H17N3O2. The molecule has 0 bridgehead atoms. The van der Waals surface area contributed by atoms with Gasteiger partial charge in [-0.25, -0.2) is 4.98 Å². The van der Waals surface area contributed by atoms with Crippen molar-refractivity contribution in [1.82, 2.24) is 9.97 Å². The third-order valence-electron chi connectivity index (χ3n) is 3.97. The van der Waals surface area contributed by atoms with E-state index in [0.717, 1.165) is 48.5 Å². The number of ether oxygens (including phenoxy) is 1. The number of furan rings is 1. The molecule has 1 aliphatic heterocycles.